The second kappa shape index (κ2) is 7.91. The van der Waals surface area contributed by atoms with E-state index in [4.69, 9.17) is 4.74 Å². The van der Waals surface area contributed by atoms with Gasteiger partial charge < -0.3 is 19.6 Å². The maximum absolute atomic E-state index is 12.5. The summed E-state index contributed by atoms with van der Waals surface area (Å²) in [6, 6.07) is 13.8. The number of nitrogens with zero attached hydrogens (tertiary/aromatic N) is 2. The Morgan fingerprint density at radius 1 is 1.00 bits per heavy atom. The van der Waals surface area contributed by atoms with Crippen LogP contribution >= 0.6 is 0 Å². The van der Waals surface area contributed by atoms with Crippen molar-refractivity contribution in [2.24, 2.45) is 0 Å². The van der Waals surface area contributed by atoms with Crippen LogP contribution in [0.1, 0.15) is 15.9 Å². The van der Waals surface area contributed by atoms with E-state index in [0.29, 0.717) is 37.5 Å². The number of rotatable bonds is 4. The Bertz CT molecular complexity index is 781. The predicted octanol–water partition coefficient (Wildman–Crippen LogP) is 2.06. The number of phenols is 1. The first-order chi connectivity index (χ1) is 12.5. The number of hydrogen-bond acceptors (Lipinski definition) is 4. The van der Waals surface area contributed by atoms with Gasteiger partial charge in [0.05, 0.1) is 0 Å². The summed E-state index contributed by atoms with van der Waals surface area (Å²) < 4.78 is 5.45. The lowest BCUT2D eigenvalue weighted by Crippen LogP contribution is -2.51. The Labute approximate surface area is 152 Å². The Hall–Kier alpha value is -3.02. The molecule has 2 amide bonds. The van der Waals surface area contributed by atoms with Crippen molar-refractivity contribution in [3.8, 4) is 11.5 Å². The third-order valence-electron chi connectivity index (χ3n) is 4.38. The number of benzene rings is 2. The van der Waals surface area contributed by atoms with E-state index in [9.17, 15) is 14.7 Å². The van der Waals surface area contributed by atoms with Crippen LogP contribution in [0, 0.1) is 6.92 Å². The van der Waals surface area contributed by atoms with Crippen LogP contribution in [0.3, 0.4) is 0 Å². The van der Waals surface area contributed by atoms with Crippen molar-refractivity contribution >= 4 is 11.8 Å². The van der Waals surface area contributed by atoms with Crippen molar-refractivity contribution in [2.45, 2.75) is 6.92 Å². The molecule has 1 N–H and O–H groups in total. The van der Waals surface area contributed by atoms with Gasteiger partial charge in [-0.05, 0) is 43.3 Å². The van der Waals surface area contributed by atoms with Crippen molar-refractivity contribution in [3.63, 3.8) is 0 Å². The molecule has 1 aliphatic rings. The highest BCUT2D eigenvalue weighted by atomic mass is 16.5. The monoisotopic (exact) mass is 354 g/mol. The third-order valence-corrected chi connectivity index (χ3v) is 4.38. The fraction of sp³-hybridized carbons (Fsp3) is 0.300. The van der Waals surface area contributed by atoms with Crippen LogP contribution in [0.15, 0.2) is 48.5 Å². The van der Waals surface area contributed by atoms with E-state index in [1.807, 2.05) is 31.2 Å². The van der Waals surface area contributed by atoms with Gasteiger partial charge in [0.2, 0.25) is 0 Å². The van der Waals surface area contributed by atoms with Gasteiger partial charge in [-0.25, -0.2) is 0 Å². The van der Waals surface area contributed by atoms with Crippen LogP contribution in [-0.2, 0) is 4.79 Å². The lowest BCUT2D eigenvalue weighted by Gasteiger charge is -2.34. The molecule has 0 spiro atoms. The molecule has 26 heavy (non-hydrogen) atoms. The maximum Gasteiger partial charge on any atom is 0.260 e. The molecule has 0 aliphatic carbocycles. The number of aromatic hydroxyl groups is 1. The number of aryl methyl sites for hydroxylation is 1. The molecule has 0 unspecified atom stereocenters. The Morgan fingerprint density at radius 2 is 1.65 bits per heavy atom. The van der Waals surface area contributed by atoms with Gasteiger partial charge in [0.25, 0.3) is 11.8 Å². The molecule has 0 bridgehead atoms. The van der Waals surface area contributed by atoms with Crippen molar-refractivity contribution in [2.75, 3.05) is 32.8 Å². The van der Waals surface area contributed by atoms with E-state index < -0.39 is 0 Å². The summed E-state index contributed by atoms with van der Waals surface area (Å²) in [5, 5.41) is 9.24. The van der Waals surface area contributed by atoms with Crippen molar-refractivity contribution < 1.29 is 19.4 Å². The van der Waals surface area contributed by atoms with Crippen molar-refractivity contribution in [1.29, 1.82) is 0 Å². The number of carbonyl (C=O) groups excluding carboxylic acids is 2. The first-order valence-electron chi connectivity index (χ1n) is 8.58. The first-order valence-corrected chi connectivity index (χ1v) is 8.58. The summed E-state index contributed by atoms with van der Waals surface area (Å²) in [5.74, 6) is 0.573. The number of piperazine rings is 1. The second-order valence-electron chi connectivity index (χ2n) is 6.33. The highest BCUT2D eigenvalue weighted by Crippen LogP contribution is 2.16. The van der Waals surface area contributed by atoms with Gasteiger partial charge in [0, 0.05) is 31.7 Å². The number of carbonyl (C=O) groups is 2. The lowest BCUT2D eigenvalue weighted by atomic mass is 10.1. The molecule has 1 heterocycles. The molecule has 0 saturated carbocycles. The number of ether oxygens (including phenoxy) is 1. The highest BCUT2D eigenvalue weighted by Gasteiger charge is 2.25. The van der Waals surface area contributed by atoms with Gasteiger partial charge in [0.15, 0.2) is 6.61 Å². The van der Waals surface area contributed by atoms with Gasteiger partial charge in [-0.2, -0.15) is 0 Å². The van der Waals surface area contributed by atoms with Gasteiger partial charge in [0.1, 0.15) is 11.5 Å². The number of amides is 2. The smallest absolute Gasteiger partial charge is 0.260 e. The second-order valence-corrected chi connectivity index (χ2v) is 6.33. The van der Waals surface area contributed by atoms with Crippen LogP contribution in [0.25, 0.3) is 0 Å². The summed E-state index contributed by atoms with van der Waals surface area (Å²) in [6.45, 7) is 3.91. The Morgan fingerprint density at radius 3 is 2.31 bits per heavy atom. The molecular formula is C20H22N2O4. The van der Waals surface area contributed by atoms with E-state index in [1.165, 1.54) is 12.1 Å². The normalized spacial score (nSPS) is 14.2. The summed E-state index contributed by atoms with van der Waals surface area (Å²) in [4.78, 5) is 28.3. The fourth-order valence-corrected chi connectivity index (χ4v) is 2.90. The molecule has 3 rings (SSSR count). The molecule has 6 heteroatoms. The third kappa shape index (κ3) is 4.33. The highest BCUT2D eigenvalue weighted by molar-refractivity contribution is 5.94. The SMILES string of the molecule is Cc1cccc(C(=O)N2CCN(C(=O)COc3ccc(O)cc3)CC2)c1. The number of hydrogen-bond donors (Lipinski definition) is 1. The molecular weight excluding hydrogens is 332 g/mol. The molecule has 0 radical (unpaired) electrons. The molecule has 0 aromatic heterocycles. The Kier molecular flexibility index (Phi) is 5.41. The largest absolute Gasteiger partial charge is 0.508 e. The van der Waals surface area contributed by atoms with Crippen molar-refractivity contribution in [1.82, 2.24) is 9.80 Å². The molecule has 1 aliphatic heterocycles. The van der Waals surface area contributed by atoms with E-state index in [1.54, 1.807) is 21.9 Å². The predicted molar refractivity (Wildman–Crippen MR) is 97.3 cm³/mol. The molecule has 1 fully saturated rings. The lowest BCUT2D eigenvalue weighted by molar-refractivity contribution is -0.134. The van der Waals surface area contributed by atoms with E-state index in [2.05, 4.69) is 0 Å². The van der Waals surface area contributed by atoms with E-state index >= 15 is 0 Å². The molecule has 0 atom stereocenters. The molecule has 2 aromatic rings. The minimum atomic E-state index is -0.110. The fourth-order valence-electron chi connectivity index (χ4n) is 2.90. The van der Waals surface area contributed by atoms with Crippen LogP contribution in [0.5, 0.6) is 11.5 Å². The molecule has 6 nitrogen and oxygen atoms in total. The maximum atomic E-state index is 12.5. The van der Waals surface area contributed by atoms with Gasteiger partial charge in [-0.3, -0.25) is 9.59 Å². The van der Waals surface area contributed by atoms with Gasteiger partial charge in [-0.15, -0.1) is 0 Å². The average molecular weight is 354 g/mol. The van der Waals surface area contributed by atoms with Crippen molar-refractivity contribution in [3.05, 3.63) is 59.7 Å². The number of phenolic OH excluding ortho intramolecular Hbond substituents is 1. The van der Waals surface area contributed by atoms with E-state index in [0.717, 1.165) is 5.56 Å². The molecule has 136 valence electrons. The molecule has 2 aromatic carbocycles. The summed E-state index contributed by atoms with van der Waals surface area (Å²) >= 11 is 0. The van der Waals surface area contributed by atoms with Crippen LogP contribution in [0.2, 0.25) is 0 Å². The Balaban J connectivity index is 1.49. The quantitative estimate of drug-likeness (QED) is 0.912. The van der Waals surface area contributed by atoms with Gasteiger partial charge >= 0.3 is 0 Å². The van der Waals surface area contributed by atoms with E-state index in [-0.39, 0.29) is 24.2 Å². The average Bonchev–Trinajstić information content (AvgIpc) is 2.67. The minimum Gasteiger partial charge on any atom is -0.508 e. The summed E-state index contributed by atoms with van der Waals surface area (Å²) in [5.41, 5.74) is 1.73. The first kappa shape index (κ1) is 17.8. The minimum absolute atomic E-state index is 0.00106. The van der Waals surface area contributed by atoms with Gasteiger partial charge in [-0.1, -0.05) is 17.7 Å². The standard InChI is InChI=1S/C20H22N2O4/c1-15-3-2-4-16(13-15)20(25)22-11-9-21(10-12-22)19(24)14-26-18-7-5-17(23)6-8-18/h2-8,13,23H,9-12,14H2,1H3. The summed E-state index contributed by atoms with van der Waals surface area (Å²) in [6.07, 6.45) is 0. The van der Waals surface area contributed by atoms with Crippen LogP contribution in [-0.4, -0.2) is 59.5 Å². The zero-order valence-electron chi connectivity index (χ0n) is 14.7. The zero-order chi connectivity index (χ0) is 18.5. The summed E-state index contributed by atoms with van der Waals surface area (Å²) in [7, 11) is 0. The van der Waals surface area contributed by atoms with Crippen LogP contribution < -0.4 is 4.74 Å². The van der Waals surface area contributed by atoms with Crippen LogP contribution in [0.4, 0.5) is 0 Å². The topological polar surface area (TPSA) is 70.1 Å². The molecule has 1 saturated heterocycles. The zero-order valence-corrected chi connectivity index (χ0v) is 14.7.